The molecule has 0 saturated carbocycles. The van der Waals surface area contributed by atoms with Crippen LogP contribution >= 0.6 is 0 Å². The summed E-state index contributed by atoms with van der Waals surface area (Å²) in [5.74, 6) is -2.16. The molecule has 4 nitrogen and oxygen atoms in total. The average molecular weight is 273 g/mol. The first-order valence-corrected chi connectivity index (χ1v) is 6.79. The van der Waals surface area contributed by atoms with Crippen LogP contribution < -0.4 is 5.32 Å². The zero-order chi connectivity index (χ0) is 14.5. The second kappa shape index (κ2) is 6.37. The predicted molar refractivity (Wildman–Crippen MR) is 76.0 cm³/mol. The first kappa shape index (κ1) is 14.3. The Kier molecular flexibility index (Phi) is 4.56. The number of carbonyl (C=O) groups is 2. The van der Waals surface area contributed by atoms with Gasteiger partial charge in [-0.05, 0) is 25.3 Å². The number of hydrogen-bond donors (Lipinski definition) is 2. The molecule has 0 heterocycles. The molecule has 106 valence electrons. The van der Waals surface area contributed by atoms with Crippen molar-refractivity contribution in [1.82, 2.24) is 5.32 Å². The Morgan fingerprint density at radius 2 is 1.75 bits per heavy atom. The number of aliphatic carboxylic acids is 1. The molecule has 2 rings (SSSR count). The highest BCUT2D eigenvalue weighted by Crippen LogP contribution is 2.26. The van der Waals surface area contributed by atoms with Gasteiger partial charge in [-0.3, -0.25) is 9.59 Å². The summed E-state index contributed by atoms with van der Waals surface area (Å²) in [6.07, 6.45) is 4.65. The number of rotatable bonds is 4. The summed E-state index contributed by atoms with van der Waals surface area (Å²) in [7, 11) is 0. The molecule has 0 saturated heterocycles. The number of carboxylic acids is 1. The summed E-state index contributed by atoms with van der Waals surface area (Å²) in [6.45, 7) is 2.44. The minimum Gasteiger partial charge on any atom is -0.481 e. The van der Waals surface area contributed by atoms with Gasteiger partial charge in [-0.25, -0.2) is 0 Å². The lowest BCUT2D eigenvalue weighted by Gasteiger charge is -2.24. The quantitative estimate of drug-likeness (QED) is 0.827. The summed E-state index contributed by atoms with van der Waals surface area (Å²) in [6, 6.07) is 7.91. The molecule has 1 aliphatic carbocycles. The van der Waals surface area contributed by atoms with E-state index in [4.69, 9.17) is 5.11 Å². The Morgan fingerprint density at radius 1 is 1.15 bits per heavy atom. The van der Waals surface area contributed by atoms with Gasteiger partial charge >= 0.3 is 5.97 Å². The van der Waals surface area contributed by atoms with Gasteiger partial charge in [0.05, 0.1) is 11.8 Å². The van der Waals surface area contributed by atoms with Crippen LogP contribution in [0.4, 0.5) is 0 Å². The molecule has 0 aliphatic heterocycles. The summed E-state index contributed by atoms with van der Waals surface area (Å²) >= 11 is 0. The first-order chi connectivity index (χ1) is 9.58. The Morgan fingerprint density at radius 3 is 2.35 bits per heavy atom. The highest BCUT2D eigenvalue weighted by atomic mass is 16.4. The van der Waals surface area contributed by atoms with E-state index >= 15 is 0 Å². The Balaban J connectivity index is 1.95. The van der Waals surface area contributed by atoms with Gasteiger partial charge < -0.3 is 10.4 Å². The second-order valence-corrected chi connectivity index (χ2v) is 5.20. The molecule has 1 amide bonds. The van der Waals surface area contributed by atoms with E-state index < -0.39 is 17.8 Å². The van der Waals surface area contributed by atoms with Gasteiger partial charge in [0.15, 0.2) is 0 Å². The number of nitrogens with one attached hydrogen (secondary N) is 1. The zero-order valence-corrected chi connectivity index (χ0v) is 11.5. The molecule has 1 aromatic carbocycles. The van der Waals surface area contributed by atoms with Crippen molar-refractivity contribution in [3.63, 3.8) is 0 Å². The lowest BCUT2D eigenvalue weighted by molar-refractivity contribution is -0.147. The molecule has 1 aliphatic rings. The summed E-state index contributed by atoms with van der Waals surface area (Å²) in [4.78, 5) is 23.3. The van der Waals surface area contributed by atoms with Crippen molar-refractivity contribution in [2.24, 2.45) is 11.8 Å². The molecule has 0 radical (unpaired) electrons. The summed E-state index contributed by atoms with van der Waals surface area (Å²) < 4.78 is 0. The van der Waals surface area contributed by atoms with Crippen LogP contribution in [-0.4, -0.2) is 17.0 Å². The van der Waals surface area contributed by atoms with E-state index in [9.17, 15) is 9.59 Å². The Hall–Kier alpha value is -2.10. The van der Waals surface area contributed by atoms with Gasteiger partial charge in [-0.2, -0.15) is 0 Å². The van der Waals surface area contributed by atoms with Crippen LogP contribution in [0.3, 0.4) is 0 Å². The third-order valence-corrected chi connectivity index (χ3v) is 3.67. The fourth-order valence-corrected chi connectivity index (χ4v) is 2.40. The molecule has 4 heteroatoms. The predicted octanol–water partition coefficient (Wildman–Crippen LogP) is 2.28. The number of carbonyl (C=O) groups excluding carboxylic acids is 1. The second-order valence-electron chi connectivity index (χ2n) is 5.20. The number of carboxylic acid groups (broad SMARTS) is 1. The average Bonchev–Trinajstić information content (AvgIpc) is 2.46. The van der Waals surface area contributed by atoms with Crippen molar-refractivity contribution in [3.05, 3.63) is 47.5 Å². The van der Waals surface area contributed by atoms with E-state index in [2.05, 4.69) is 5.32 Å². The Labute approximate surface area is 118 Å². The van der Waals surface area contributed by atoms with Gasteiger partial charge in [0.2, 0.25) is 5.91 Å². The Bertz CT molecular complexity index is 519. The maximum absolute atomic E-state index is 12.1. The third kappa shape index (κ3) is 3.47. The molecule has 0 bridgehead atoms. The standard InChI is InChI=1S/C16H19NO3/c1-11-6-8-12(9-7-11)10-17-15(18)13-4-2-3-5-14(13)16(19)20/h2-3,6-9,13-14H,4-5,10H2,1H3,(H,17,18)(H,19,20)/t13-,14+/m1/s1. The van der Waals surface area contributed by atoms with Crippen LogP contribution in [-0.2, 0) is 16.1 Å². The molecule has 0 aromatic heterocycles. The van der Waals surface area contributed by atoms with Gasteiger partial charge in [0.1, 0.15) is 0 Å². The maximum Gasteiger partial charge on any atom is 0.307 e. The highest BCUT2D eigenvalue weighted by molar-refractivity contribution is 5.85. The number of amides is 1. The molecule has 0 unspecified atom stereocenters. The smallest absolute Gasteiger partial charge is 0.307 e. The third-order valence-electron chi connectivity index (χ3n) is 3.67. The minimum absolute atomic E-state index is 0.178. The van der Waals surface area contributed by atoms with E-state index in [1.807, 2.05) is 43.3 Å². The molecule has 1 aromatic rings. The van der Waals surface area contributed by atoms with E-state index in [0.29, 0.717) is 19.4 Å². The lowest BCUT2D eigenvalue weighted by atomic mass is 9.82. The van der Waals surface area contributed by atoms with Crippen LogP contribution in [0.25, 0.3) is 0 Å². The van der Waals surface area contributed by atoms with Crippen molar-refractivity contribution in [2.75, 3.05) is 0 Å². The van der Waals surface area contributed by atoms with E-state index in [-0.39, 0.29) is 5.91 Å². The van der Waals surface area contributed by atoms with Gasteiger partial charge in [0, 0.05) is 6.54 Å². The molecule has 2 N–H and O–H groups in total. The van der Waals surface area contributed by atoms with E-state index in [0.717, 1.165) is 5.56 Å². The van der Waals surface area contributed by atoms with Crippen molar-refractivity contribution in [1.29, 1.82) is 0 Å². The summed E-state index contributed by atoms with van der Waals surface area (Å²) in [5.41, 5.74) is 2.19. The van der Waals surface area contributed by atoms with Gasteiger partial charge in [-0.1, -0.05) is 42.0 Å². The number of benzene rings is 1. The maximum atomic E-state index is 12.1. The largest absolute Gasteiger partial charge is 0.481 e. The molecule has 0 fully saturated rings. The highest BCUT2D eigenvalue weighted by Gasteiger charge is 2.33. The SMILES string of the molecule is Cc1ccc(CNC(=O)[C@@H]2CC=CC[C@@H]2C(=O)O)cc1. The van der Waals surface area contributed by atoms with Gasteiger partial charge in [-0.15, -0.1) is 0 Å². The fourth-order valence-electron chi connectivity index (χ4n) is 2.40. The van der Waals surface area contributed by atoms with Crippen molar-refractivity contribution in [2.45, 2.75) is 26.3 Å². The number of aryl methyl sites for hydroxylation is 1. The van der Waals surface area contributed by atoms with Gasteiger partial charge in [0.25, 0.3) is 0 Å². The van der Waals surface area contributed by atoms with Crippen molar-refractivity contribution >= 4 is 11.9 Å². The zero-order valence-electron chi connectivity index (χ0n) is 11.5. The number of allylic oxidation sites excluding steroid dienone is 2. The molecule has 20 heavy (non-hydrogen) atoms. The fraction of sp³-hybridized carbons (Fsp3) is 0.375. The van der Waals surface area contributed by atoms with Crippen molar-refractivity contribution in [3.8, 4) is 0 Å². The normalized spacial score (nSPS) is 21.4. The van der Waals surface area contributed by atoms with Crippen molar-refractivity contribution < 1.29 is 14.7 Å². The van der Waals surface area contributed by atoms with Crippen LogP contribution in [0, 0.1) is 18.8 Å². The monoisotopic (exact) mass is 273 g/mol. The summed E-state index contributed by atoms with van der Waals surface area (Å²) in [5, 5.41) is 12.0. The van der Waals surface area contributed by atoms with Crippen LogP contribution in [0.2, 0.25) is 0 Å². The van der Waals surface area contributed by atoms with Crippen LogP contribution in [0.5, 0.6) is 0 Å². The van der Waals surface area contributed by atoms with E-state index in [1.54, 1.807) is 0 Å². The molecular formula is C16H19NO3. The topological polar surface area (TPSA) is 66.4 Å². The van der Waals surface area contributed by atoms with E-state index in [1.165, 1.54) is 5.56 Å². The van der Waals surface area contributed by atoms with Crippen LogP contribution in [0.15, 0.2) is 36.4 Å². The molecular weight excluding hydrogens is 254 g/mol. The number of hydrogen-bond acceptors (Lipinski definition) is 2. The first-order valence-electron chi connectivity index (χ1n) is 6.79. The molecule has 2 atom stereocenters. The lowest BCUT2D eigenvalue weighted by Crippen LogP contribution is -2.38. The van der Waals surface area contributed by atoms with Crippen LogP contribution in [0.1, 0.15) is 24.0 Å². The molecule has 0 spiro atoms. The minimum atomic E-state index is -0.898.